The highest BCUT2D eigenvalue weighted by Gasteiger charge is 2.38. The minimum absolute atomic E-state index is 0.00868. The van der Waals surface area contributed by atoms with E-state index in [1.807, 2.05) is 11.1 Å². The largest absolute Gasteiger partial charge is 0.490 e. The maximum atomic E-state index is 12.8. The number of furan rings is 1. The van der Waals surface area contributed by atoms with Crippen LogP contribution in [0.15, 0.2) is 29.2 Å². The zero-order valence-corrected chi connectivity index (χ0v) is 16.3. The Balaban J connectivity index is 0.000000318. The van der Waals surface area contributed by atoms with E-state index in [-0.39, 0.29) is 11.9 Å². The number of carboxylic acids is 1. The number of carboxylic acid groups (broad SMARTS) is 1. The molecule has 1 fully saturated rings. The first-order chi connectivity index (χ1) is 14.2. The van der Waals surface area contributed by atoms with Gasteiger partial charge in [0.2, 0.25) is 0 Å². The number of hydrogen-bond donors (Lipinski definition) is 1. The van der Waals surface area contributed by atoms with Crippen molar-refractivity contribution < 1.29 is 37.0 Å². The number of hydrogen-bond acceptors (Lipinski definition) is 5. The van der Waals surface area contributed by atoms with Crippen LogP contribution in [0.3, 0.4) is 0 Å². The Kier molecular flexibility index (Phi) is 6.49. The molecule has 1 N–H and O–H groups in total. The fourth-order valence-electron chi connectivity index (χ4n) is 3.37. The molecule has 0 bridgehead atoms. The van der Waals surface area contributed by atoms with Crippen molar-refractivity contribution in [3.63, 3.8) is 0 Å². The Bertz CT molecular complexity index is 875. The van der Waals surface area contributed by atoms with E-state index in [2.05, 4.69) is 9.78 Å². The third-order valence-electron chi connectivity index (χ3n) is 5.00. The third-order valence-corrected chi connectivity index (χ3v) is 5.00. The highest BCUT2D eigenvalue weighted by molar-refractivity contribution is 5.94. The van der Waals surface area contributed by atoms with Gasteiger partial charge in [0.05, 0.1) is 36.4 Å². The van der Waals surface area contributed by atoms with Crippen molar-refractivity contribution in [2.24, 2.45) is 5.92 Å². The molecule has 2 aromatic heterocycles. The molecule has 1 aliphatic carbocycles. The predicted octanol–water partition coefficient (Wildman–Crippen LogP) is 2.91. The monoisotopic (exact) mass is 429 g/mol. The summed E-state index contributed by atoms with van der Waals surface area (Å²) in [5.41, 5.74) is 2.97. The Labute approximate surface area is 170 Å². The number of aliphatic carboxylic acids is 1. The Morgan fingerprint density at radius 3 is 2.60 bits per heavy atom. The van der Waals surface area contributed by atoms with Gasteiger partial charge >= 0.3 is 12.1 Å². The molecule has 1 aliphatic heterocycles. The van der Waals surface area contributed by atoms with Crippen LogP contribution in [-0.4, -0.2) is 58.1 Å². The van der Waals surface area contributed by atoms with E-state index in [4.69, 9.17) is 19.1 Å². The Morgan fingerprint density at radius 2 is 2.07 bits per heavy atom. The number of carbonyl (C=O) groups is 2. The van der Waals surface area contributed by atoms with Crippen LogP contribution in [0.5, 0.6) is 0 Å². The van der Waals surface area contributed by atoms with Gasteiger partial charge in [-0.05, 0) is 36.8 Å². The molecule has 8 nitrogen and oxygen atoms in total. The summed E-state index contributed by atoms with van der Waals surface area (Å²) in [5, 5.41) is 11.7. The van der Waals surface area contributed by atoms with Crippen LogP contribution in [0.25, 0.3) is 0 Å². The van der Waals surface area contributed by atoms with E-state index in [0.29, 0.717) is 18.7 Å². The number of carbonyl (C=O) groups excluding carboxylic acids is 1. The number of methoxy groups -OCH3 is 1. The lowest BCUT2D eigenvalue weighted by Gasteiger charge is -2.36. The average Bonchev–Trinajstić information content (AvgIpc) is 3.17. The van der Waals surface area contributed by atoms with Crippen LogP contribution in [0.1, 0.15) is 40.5 Å². The molecular formula is C19H22F3N3O5. The molecule has 1 saturated carbocycles. The van der Waals surface area contributed by atoms with Gasteiger partial charge < -0.3 is 19.2 Å². The van der Waals surface area contributed by atoms with Gasteiger partial charge in [-0.25, -0.2) is 4.79 Å². The molecule has 0 radical (unpaired) electrons. The zero-order chi connectivity index (χ0) is 21.9. The van der Waals surface area contributed by atoms with E-state index in [9.17, 15) is 18.0 Å². The van der Waals surface area contributed by atoms with Gasteiger partial charge in [-0.3, -0.25) is 9.48 Å². The Hall–Kier alpha value is -2.82. The number of fused-ring (bicyclic) bond motifs is 1. The van der Waals surface area contributed by atoms with Crippen molar-refractivity contribution in [2.45, 2.75) is 38.0 Å². The van der Waals surface area contributed by atoms with Crippen molar-refractivity contribution in [3.8, 4) is 0 Å². The maximum Gasteiger partial charge on any atom is 0.490 e. The van der Waals surface area contributed by atoms with Gasteiger partial charge in [0, 0.05) is 20.2 Å². The molecule has 0 aromatic carbocycles. The summed E-state index contributed by atoms with van der Waals surface area (Å²) in [6, 6.07) is 1.62. The number of aromatic nitrogens is 2. The summed E-state index contributed by atoms with van der Waals surface area (Å²) in [4.78, 5) is 23.6. The summed E-state index contributed by atoms with van der Waals surface area (Å²) in [6.07, 6.45) is 3.31. The van der Waals surface area contributed by atoms with Crippen LogP contribution >= 0.6 is 0 Å². The molecule has 3 heterocycles. The second-order valence-electron chi connectivity index (χ2n) is 7.22. The Morgan fingerprint density at radius 1 is 1.37 bits per heavy atom. The lowest BCUT2D eigenvalue weighted by molar-refractivity contribution is -0.192. The van der Waals surface area contributed by atoms with Gasteiger partial charge in [-0.2, -0.15) is 18.3 Å². The van der Waals surface area contributed by atoms with Crippen LogP contribution in [0.4, 0.5) is 13.2 Å². The van der Waals surface area contributed by atoms with Gasteiger partial charge in [0.25, 0.3) is 5.91 Å². The molecular weight excluding hydrogens is 407 g/mol. The SMILES string of the molecule is COCC1c2c(cnn2CC2CC2)CCN1C(=O)c1ccoc1.O=C(O)C(F)(F)F. The van der Waals surface area contributed by atoms with E-state index >= 15 is 0 Å². The molecule has 1 unspecified atom stereocenters. The summed E-state index contributed by atoms with van der Waals surface area (Å²) in [6.45, 7) is 2.11. The van der Waals surface area contributed by atoms with E-state index in [1.54, 1.807) is 13.2 Å². The minimum Gasteiger partial charge on any atom is -0.475 e. The van der Waals surface area contributed by atoms with Gasteiger partial charge in [0.1, 0.15) is 6.26 Å². The predicted molar refractivity (Wildman–Crippen MR) is 96.7 cm³/mol. The highest BCUT2D eigenvalue weighted by Crippen LogP contribution is 2.35. The molecule has 164 valence electrons. The summed E-state index contributed by atoms with van der Waals surface area (Å²) < 4.78 is 44.3. The average molecular weight is 429 g/mol. The van der Waals surface area contributed by atoms with E-state index in [0.717, 1.165) is 24.6 Å². The van der Waals surface area contributed by atoms with Crippen molar-refractivity contribution in [1.82, 2.24) is 14.7 Å². The molecule has 1 atom stereocenters. The number of amides is 1. The van der Waals surface area contributed by atoms with Crippen molar-refractivity contribution >= 4 is 11.9 Å². The molecule has 1 amide bonds. The maximum absolute atomic E-state index is 12.8. The number of rotatable bonds is 5. The smallest absolute Gasteiger partial charge is 0.475 e. The van der Waals surface area contributed by atoms with E-state index < -0.39 is 12.1 Å². The molecule has 4 rings (SSSR count). The lowest BCUT2D eigenvalue weighted by atomic mass is 9.99. The number of halogens is 3. The van der Waals surface area contributed by atoms with Gasteiger partial charge in [0.15, 0.2) is 0 Å². The normalized spacial score (nSPS) is 18.4. The summed E-state index contributed by atoms with van der Waals surface area (Å²) in [5.74, 6) is -2.03. The molecule has 2 aromatic rings. The van der Waals surface area contributed by atoms with Crippen LogP contribution in [0, 0.1) is 5.92 Å². The van der Waals surface area contributed by atoms with Crippen LogP contribution in [-0.2, 0) is 22.5 Å². The first-order valence-corrected chi connectivity index (χ1v) is 9.39. The quantitative estimate of drug-likeness (QED) is 0.785. The minimum atomic E-state index is -5.08. The van der Waals surface area contributed by atoms with Gasteiger partial charge in [-0.15, -0.1) is 0 Å². The second kappa shape index (κ2) is 8.90. The first-order valence-electron chi connectivity index (χ1n) is 9.39. The topological polar surface area (TPSA) is 97.8 Å². The zero-order valence-electron chi connectivity index (χ0n) is 16.3. The van der Waals surface area contributed by atoms with Crippen molar-refractivity contribution in [2.75, 3.05) is 20.3 Å². The van der Waals surface area contributed by atoms with Crippen LogP contribution in [0.2, 0.25) is 0 Å². The third kappa shape index (κ3) is 5.02. The summed E-state index contributed by atoms with van der Waals surface area (Å²) in [7, 11) is 1.68. The lowest BCUT2D eigenvalue weighted by Crippen LogP contribution is -2.42. The second-order valence-corrected chi connectivity index (χ2v) is 7.22. The van der Waals surface area contributed by atoms with E-state index in [1.165, 1.54) is 30.9 Å². The fraction of sp³-hybridized carbons (Fsp3) is 0.526. The number of alkyl halides is 3. The molecule has 0 saturated heterocycles. The molecule has 11 heteroatoms. The summed E-state index contributed by atoms with van der Waals surface area (Å²) >= 11 is 0. The van der Waals surface area contributed by atoms with Crippen molar-refractivity contribution in [3.05, 3.63) is 41.6 Å². The van der Waals surface area contributed by atoms with Crippen molar-refractivity contribution in [1.29, 1.82) is 0 Å². The number of nitrogens with zero attached hydrogens (tertiary/aromatic N) is 3. The van der Waals surface area contributed by atoms with Gasteiger partial charge in [-0.1, -0.05) is 0 Å². The van der Waals surface area contributed by atoms with Crippen LogP contribution < -0.4 is 0 Å². The fourth-order valence-corrected chi connectivity index (χ4v) is 3.37. The molecule has 30 heavy (non-hydrogen) atoms. The molecule has 2 aliphatic rings. The molecule has 0 spiro atoms. The standard InChI is InChI=1S/C17H21N3O3.C2HF3O2/c1-22-11-15-16-13(8-18-20(16)9-12-2-3-12)4-6-19(15)17(21)14-5-7-23-10-14;3-2(4,5)1(6)7/h5,7-8,10,12,15H,2-4,6,9,11H2,1H3;(H,6,7). The number of ether oxygens (including phenoxy) is 1. The highest BCUT2D eigenvalue weighted by atomic mass is 19.4. The first kappa shape index (κ1) is 21.9.